The summed E-state index contributed by atoms with van der Waals surface area (Å²) in [6, 6.07) is 4.08. The molecule has 3 rings (SSSR count). The number of rotatable bonds is 2. The molecule has 6 heteroatoms. The second-order valence-corrected chi connectivity index (χ2v) is 5.63. The molecule has 1 aliphatic carbocycles. The topological polar surface area (TPSA) is 66.6 Å². The molecule has 0 unspecified atom stereocenters. The predicted molar refractivity (Wildman–Crippen MR) is 76.0 cm³/mol. The van der Waals surface area contributed by atoms with Gasteiger partial charge in [0.15, 0.2) is 0 Å². The van der Waals surface area contributed by atoms with Gasteiger partial charge in [0.2, 0.25) is 5.91 Å². The van der Waals surface area contributed by atoms with E-state index in [1.807, 2.05) is 0 Å². The zero-order valence-corrected chi connectivity index (χ0v) is 11.7. The van der Waals surface area contributed by atoms with Crippen LogP contribution in [0.3, 0.4) is 0 Å². The second-order valence-electron chi connectivity index (χ2n) is 5.63. The highest BCUT2D eigenvalue weighted by Crippen LogP contribution is 2.31. The van der Waals surface area contributed by atoms with E-state index in [2.05, 4.69) is 0 Å². The lowest BCUT2D eigenvalue weighted by atomic mass is 10.1. The van der Waals surface area contributed by atoms with E-state index in [-0.39, 0.29) is 23.3 Å². The summed E-state index contributed by atoms with van der Waals surface area (Å²) < 4.78 is 13.8. The summed E-state index contributed by atoms with van der Waals surface area (Å²) in [5.74, 6) is -0.551. The van der Waals surface area contributed by atoms with Crippen LogP contribution in [0, 0.1) is 11.7 Å². The van der Waals surface area contributed by atoms with Gasteiger partial charge in [-0.05, 0) is 31.0 Å². The molecule has 2 fully saturated rings. The van der Waals surface area contributed by atoms with E-state index in [0.717, 1.165) is 18.9 Å². The Morgan fingerprint density at radius 3 is 2.29 bits per heavy atom. The fraction of sp³-hybridized carbons (Fsp3) is 0.467. The summed E-state index contributed by atoms with van der Waals surface area (Å²) in [5.41, 5.74) is 5.81. The first kappa shape index (κ1) is 13.9. The Morgan fingerprint density at radius 2 is 1.71 bits per heavy atom. The summed E-state index contributed by atoms with van der Waals surface area (Å²) in [4.78, 5) is 27.6. The molecule has 2 N–H and O–H groups in total. The first-order chi connectivity index (χ1) is 10.1. The fourth-order valence-electron chi connectivity index (χ4n) is 2.59. The van der Waals surface area contributed by atoms with Crippen molar-refractivity contribution in [3.8, 4) is 0 Å². The minimum absolute atomic E-state index is 0.0335. The highest BCUT2D eigenvalue weighted by atomic mass is 19.1. The number of anilines is 1. The SMILES string of the molecule is Nc1ccc(C(=O)N2CCN(C(=O)C3CC3)CC2)c(F)c1. The van der Waals surface area contributed by atoms with Gasteiger partial charge >= 0.3 is 0 Å². The van der Waals surface area contributed by atoms with Gasteiger partial charge in [-0.25, -0.2) is 4.39 Å². The highest BCUT2D eigenvalue weighted by molar-refractivity contribution is 5.95. The zero-order chi connectivity index (χ0) is 15.0. The van der Waals surface area contributed by atoms with Gasteiger partial charge < -0.3 is 15.5 Å². The molecule has 2 aliphatic rings. The molecule has 1 aromatic rings. The number of amides is 2. The van der Waals surface area contributed by atoms with Gasteiger partial charge in [-0.15, -0.1) is 0 Å². The van der Waals surface area contributed by atoms with Crippen molar-refractivity contribution in [2.24, 2.45) is 5.92 Å². The predicted octanol–water partition coefficient (Wildman–Crippen LogP) is 1.10. The smallest absolute Gasteiger partial charge is 0.256 e. The van der Waals surface area contributed by atoms with E-state index >= 15 is 0 Å². The standard InChI is InChI=1S/C15H18FN3O2/c16-13-9-11(17)3-4-12(13)15(21)19-7-5-18(6-8-19)14(20)10-1-2-10/h3-4,9-10H,1-2,5-8,17H2. The normalized spacial score (nSPS) is 18.7. The van der Waals surface area contributed by atoms with Crippen molar-refractivity contribution >= 4 is 17.5 Å². The van der Waals surface area contributed by atoms with Crippen LogP contribution in [0.2, 0.25) is 0 Å². The molecule has 5 nitrogen and oxygen atoms in total. The van der Waals surface area contributed by atoms with Gasteiger partial charge in [0, 0.05) is 37.8 Å². The lowest BCUT2D eigenvalue weighted by Crippen LogP contribution is -2.51. The second kappa shape index (κ2) is 5.35. The molecular weight excluding hydrogens is 273 g/mol. The van der Waals surface area contributed by atoms with Crippen LogP contribution in [-0.4, -0.2) is 47.8 Å². The third kappa shape index (κ3) is 2.84. The first-order valence-corrected chi connectivity index (χ1v) is 7.19. The number of carbonyl (C=O) groups is 2. The minimum atomic E-state index is -0.600. The van der Waals surface area contributed by atoms with Crippen molar-refractivity contribution < 1.29 is 14.0 Å². The maximum atomic E-state index is 13.8. The average Bonchev–Trinajstić information content (AvgIpc) is 3.31. The molecule has 1 saturated heterocycles. The third-order valence-electron chi connectivity index (χ3n) is 4.03. The minimum Gasteiger partial charge on any atom is -0.399 e. The Bertz CT molecular complexity index is 578. The van der Waals surface area contributed by atoms with Crippen molar-refractivity contribution in [3.05, 3.63) is 29.6 Å². The first-order valence-electron chi connectivity index (χ1n) is 7.19. The number of benzene rings is 1. The van der Waals surface area contributed by atoms with E-state index in [1.54, 1.807) is 9.80 Å². The number of halogens is 1. The van der Waals surface area contributed by atoms with Gasteiger partial charge in [-0.2, -0.15) is 0 Å². The van der Waals surface area contributed by atoms with Crippen molar-refractivity contribution in [1.82, 2.24) is 9.80 Å². The highest BCUT2D eigenvalue weighted by Gasteiger charge is 2.35. The van der Waals surface area contributed by atoms with Crippen molar-refractivity contribution in [2.45, 2.75) is 12.8 Å². The molecule has 1 heterocycles. The van der Waals surface area contributed by atoms with Crippen LogP contribution in [-0.2, 0) is 4.79 Å². The van der Waals surface area contributed by atoms with Gasteiger partial charge in [0.1, 0.15) is 5.82 Å². The van der Waals surface area contributed by atoms with Gasteiger partial charge in [-0.1, -0.05) is 0 Å². The number of nitrogen functional groups attached to an aromatic ring is 1. The quantitative estimate of drug-likeness (QED) is 0.830. The van der Waals surface area contributed by atoms with Crippen LogP contribution in [0.15, 0.2) is 18.2 Å². The molecule has 2 amide bonds. The largest absolute Gasteiger partial charge is 0.399 e. The Hall–Kier alpha value is -2.11. The van der Waals surface area contributed by atoms with E-state index in [0.29, 0.717) is 31.9 Å². The van der Waals surface area contributed by atoms with Crippen molar-refractivity contribution in [2.75, 3.05) is 31.9 Å². The van der Waals surface area contributed by atoms with Crippen molar-refractivity contribution in [3.63, 3.8) is 0 Å². The van der Waals surface area contributed by atoms with Gasteiger partial charge in [-0.3, -0.25) is 9.59 Å². The maximum Gasteiger partial charge on any atom is 0.256 e. The average molecular weight is 291 g/mol. The van der Waals surface area contributed by atoms with E-state index in [9.17, 15) is 14.0 Å². The molecule has 1 aromatic carbocycles. The Labute approximate surface area is 122 Å². The van der Waals surface area contributed by atoms with Crippen molar-refractivity contribution in [1.29, 1.82) is 0 Å². The monoisotopic (exact) mass is 291 g/mol. The molecule has 0 atom stereocenters. The molecule has 21 heavy (non-hydrogen) atoms. The van der Waals surface area contributed by atoms with Gasteiger partial charge in [0.05, 0.1) is 5.56 Å². The molecular formula is C15H18FN3O2. The molecule has 0 spiro atoms. The van der Waals surface area contributed by atoms with E-state index < -0.39 is 5.82 Å². The number of hydrogen-bond donors (Lipinski definition) is 1. The van der Waals surface area contributed by atoms with Crippen LogP contribution < -0.4 is 5.73 Å². The van der Waals surface area contributed by atoms with E-state index in [4.69, 9.17) is 5.73 Å². The lowest BCUT2D eigenvalue weighted by molar-refractivity contribution is -0.134. The van der Waals surface area contributed by atoms with E-state index in [1.165, 1.54) is 12.1 Å². The van der Waals surface area contributed by atoms with Gasteiger partial charge in [0.25, 0.3) is 5.91 Å². The fourth-order valence-corrected chi connectivity index (χ4v) is 2.59. The molecule has 112 valence electrons. The lowest BCUT2D eigenvalue weighted by Gasteiger charge is -2.35. The molecule has 0 aromatic heterocycles. The van der Waals surface area contributed by atoms with Crippen LogP contribution in [0.5, 0.6) is 0 Å². The Kier molecular flexibility index (Phi) is 3.53. The number of nitrogens with two attached hydrogens (primary N) is 1. The summed E-state index contributed by atoms with van der Waals surface area (Å²) in [6.45, 7) is 1.94. The van der Waals surface area contributed by atoms with Crippen LogP contribution in [0.1, 0.15) is 23.2 Å². The number of hydrogen-bond acceptors (Lipinski definition) is 3. The van der Waals surface area contributed by atoms with Crippen LogP contribution in [0.4, 0.5) is 10.1 Å². The van der Waals surface area contributed by atoms with Crippen LogP contribution in [0.25, 0.3) is 0 Å². The summed E-state index contributed by atoms with van der Waals surface area (Å²) in [6.07, 6.45) is 1.96. The Balaban J connectivity index is 1.63. The third-order valence-corrected chi connectivity index (χ3v) is 4.03. The van der Waals surface area contributed by atoms with Crippen LogP contribution >= 0.6 is 0 Å². The molecule has 0 bridgehead atoms. The number of piperazine rings is 1. The summed E-state index contributed by atoms with van der Waals surface area (Å²) in [7, 11) is 0. The Morgan fingerprint density at radius 1 is 1.10 bits per heavy atom. The summed E-state index contributed by atoms with van der Waals surface area (Å²) in [5, 5.41) is 0. The maximum absolute atomic E-state index is 13.8. The number of nitrogens with zero attached hydrogens (tertiary/aromatic N) is 2. The molecule has 1 aliphatic heterocycles. The molecule has 0 radical (unpaired) electrons. The summed E-state index contributed by atoms with van der Waals surface area (Å²) >= 11 is 0. The zero-order valence-electron chi connectivity index (χ0n) is 11.7. The molecule has 1 saturated carbocycles. The number of carbonyl (C=O) groups excluding carboxylic acids is 2.